The van der Waals surface area contributed by atoms with Gasteiger partial charge in [0.15, 0.2) is 23.0 Å². The van der Waals surface area contributed by atoms with Gasteiger partial charge in [0, 0.05) is 17.5 Å². The van der Waals surface area contributed by atoms with E-state index >= 15 is 0 Å². The highest BCUT2D eigenvalue weighted by Gasteiger charge is 2.52. The Morgan fingerprint density at radius 3 is 2.04 bits per heavy atom. The van der Waals surface area contributed by atoms with E-state index in [4.69, 9.17) is 37.9 Å². The number of anilines is 1. The Labute approximate surface area is 277 Å². The van der Waals surface area contributed by atoms with Crippen molar-refractivity contribution in [3.8, 4) is 40.2 Å². The minimum atomic E-state index is -0.502. The molecule has 4 aromatic carbocycles. The van der Waals surface area contributed by atoms with Gasteiger partial charge in [-0.15, -0.1) is 0 Å². The molecule has 3 aliphatic rings. The topological polar surface area (TPSA) is 120 Å². The van der Waals surface area contributed by atoms with Gasteiger partial charge in [-0.05, 0) is 96.4 Å². The Bertz CT molecular complexity index is 1810. The van der Waals surface area contributed by atoms with Gasteiger partial charge in [0.25, 0.3) is 0 Å². The van der Waals surface area contributed by atoms with Crippen LogP contribution < -0.4 is 33.7 Å². The third kappa shape index (κ3) is 5.55. The SMILES string of the molecule is CCOC(=O)c1ccc(Oc2ccc(N[C@@H]3c4cc5c(cc4[C@@H](c4cc(OC)c(OC)c(OC)c4)[C@H]4C(=O)OC[C@@H]43)OCO5)cc2)cc1. The molecule has 0 unspecified atom stereocenters. The van der Waals surface area contributed by atoms with E-state index in [9.17, 15) is 9.59 Å². The quantitative estimate of drug-likeness (QED) is 0.189. The molecule has 0 spiro atoms. The number of rotatable bonds is 10. The smallest absolute Gasteiger partial charge is 0.338 e. The number of carbonyl (C=O) groups excluding carboxylic acids is 2. The molecule has 4 aromatic rings. The summed E-state index contributed by atoms with van der Waals surface area (Å²) in [5.74, 6) is 2.19. The zero-order valence-corrected chi connectivity index (χ0v) is 26.9. The molecule has 0 bridgehead atoms. The van der Waals surface area contributed by atoms with Crippen LogP contribution in [-0.2, 0) is 14.3 Å². The summed E-state index contributed by atoms with van der Waals surface area (Å²) < 4.78 is 45.3. The summed E-state index contributed by atoms with van der Waals surface area (Å²) in [6.07, 6.45) is 0. The first-order valence-corrected chi connectivity index (χ1v) is 15.6. The van der Waals surface area contributed by atoms with Crippen molar-refractivity contribution in [2.24, 2.45) is 11.8 Å². The lowest BCUT2D eigenvalue weighted by Gasteiger charge is -2.40. The van der Waals surface area contributed by atoms with Gasteiger partial charge in [-0.3, -0.25) is 4.79 Å². The second-order valence-electron chi connectivity index (χ2n) is 11.6. The molecule has 11 heteroatoms. The largest absolute Gasteiger partial charge is 0.493 e. The predicted octanol–water partition coefficient (Wildman–Crippen LogP) is 6.50. The van der Waals surface area contributed by atoms with Crippen molar-refractivity contribution in [1.29, 1.82) is 0 Å². The zero-order chi connectivity index (χ0) is 33.4. The molecule has 0 saturated carbocycles. The van der Waals surface area contributed by atoms with E-state index in [2.05, 4.69) is 5.32 Å². The van der Waals surface area contributed by atoms with Crippen molar-refractivity contribution in [2.75, 3.05) is 46.7 Å². The van der Waals surface area contributed by atoms with Crippen LogP contribution in [0.3, 0.4) is 0 Å². The van der Waals surface area contributed by atoms with Crippen molar-refractivity contribution < 1.29 is 47.5 Å². The minimum absolute atomic E-state index is 0.118. The number of nitrogens with one attached hydrogen (secondary N) is 1. The molecule has 0 radical (unpaired) electrons. The average Bonchev–Trinajstić information content (AvgIpc) is 3.74. The van der Waals surface area contributed by atoms with Crippen molar-refractivity contribution in [1.82, 2.24) is 0 Å². The molecule has 48 heavy (non-hydrogen) atoms. The number of benzene rings is 4. The molecular formula is C37H35NO10. The lowest BCUT2D eigenvalue weighted by Crippen LogP contribution is -2.37. The lowest BCUT2D eigenvalue weighted by molar-refractivity contribution is -0.141. The summed E-state index contributed by atoms with van der Waals surface area (Å²) in [6, 6.07) is 21.8. The predicted molar refractivity (Wildman–Crippen MR) is 174 cm³/mol. The number of hydrogen-bond donors (Lipinski definition) is 1. The van der Waals surface area contributed by atoms with Crippen LogP contribution in [0.2, 0.25) is 0 Å². The number of ether oxygens (including phenoxy) is 8. The number of fused-ring (bicyclic) bond motifs is 3. The van der Waals surface area contributed by atoms with E-state index in [0.29, 0.717) is 52.4 Å². The molecule has 0 amide bonds. The molecule has 7 rings (SSSR count). The molecule has 0 aromatic heterocycles. The van der Waals surface area contributed by atoms with Crippen LogP contribution in [0.1, 0.15) is 45.9 Å². The summed E-state index contributed by atoms with van der Waals surface area (Å²) in [5.41, 5.74) is 4.00. The first kappa shape index (κ1) is 31.0. The van der Waals surface area contributed by atoms with Crippen LogP contribution >= 0.6 is 0 Å². The fourth-order valence-electron chi connectivity index (χ4n) is 6.84. The first-order valence-electron chi connectivity index (χ1n) is 15.6. The van der Waals surface area contributed by atoms with Crippen LogP contribution in [0.5, 0.6) is 40.2 Å². The fourth-order valence-corrected chi connectivity index (χ4v) is 6.84. The molecule has 248 valence electrons. The van der Waals surface area contributed by atoms with E-state index < -0.39 is 5.92 Å². The van der Waals surface area contributed by atoms with Crippen LogP contribution in [0.15, 0.2) is 72.8 Å². The van der Waals surface area contributed by atoms with Gasteiger partial charge in [0.05, 0.1) is 52.1 Å². The van der Waals surface area contributed by atoms with E-state index in [1.807, 2.05) is 48.5 Å². The van der Waals surface area contributed by atoms with Crippen LogP contribution in [0, 0.1) is 11.8 Å². The molecule has 1 N–H and O–H groups in total. The van der Waals surface area contributed by atoms with E-state index in [-0.39, 0.29) is 43.2 Å². The molecule has 1 saturated heterocycles. The van der Waals surface area contributed by atoms with E-state index in [1.165, 1.54) is 0 Å². The summed E-state index contributed by atoms with van der Waals surface area (Å²) in [4.78, 5) is 25.5. The average molecular weight is 654 g/mol. The third-order valence-corrected chi connectivity index (χ3v) is 9.01. The van der Waals surface area contributed by atoms with Gasteiger partial charge < -0.3 is 43.2 Å². The Hall–Kier alpha value is -5.58. The lowest BCUT2D eigenvalue weighted by atomic mass is 9.65. The fraction of sp³-hybridized carbons (Fsp3) is 0.297. The maximum absolute atomic E-state index is 13.5. The van der Waals surface area contributed by atoms with Gasteiger partial charge in [-0.25, -0.2) is 4.79 Å². The van der Waals surface area contributed by atoms with Gasteiger partial charge in [-0.2, -0.15) is 0 Å². The molecule has 1 aliphatic carbocycles. The second kappa shape index (κ2) is 12.9. The van der Waals surface area contributed by atoms with Crippen molar-refractivity contribution in [3.63, 3.8) is 0 Å². The maximum atomic E-state index is 13.5. The molecule has 4 atom stereocenters. The highest BCUT2D eigenvalue weighted by Crippen LogP contribution is 2.56. The highest BCUT2D eigenvalue weighted by atomic mass is 16.7. The van der Waals surface area contributed by atoms with Crippen LogP contribution in [0.4, 0.5) is 5.69 Å². The Balaban J connectivity index is 1.21. The number of carbonyl (C=O) groups is 2. The summed E-state index contributed by atoms with van der Waals surface area (Å²) >= 11 is 0. The third-order valence-electron chi connectivity index (χ3n) is 9.01. The van der Waals surface area contributed by atoms with Gasteiger partial charge in [-0.1, -0.05) is 0 Å². The van der Waals surface area contributed by atoms with Gasteiger partial charge in [0.1, 0.15) is 11.5 Å². The van der Waals surface area contributed by atoms with Crippen molar-refractivity contribution in [3.05, 3.63) is 95.1 Å². The number of cyclic esters (lactones) is 1. The Kier molecular flexibility index (Phi) is 8.34. The highest BCUT2D eigenvalue weighted by molar-refractivity contribution is 5.89. The number of hydrogen-bond acceptors (Lipinski definition) is 11. The second-order valence-corrected chi connectivity index (χ2v) is 11.6. The van der Waals surface area contributed by atoms with E-state index in [0.717, 1.165) is 22.4 Å². The normalized spacial score (nSPS) is 20.2. The van der Waals surface area contributed by atoms with Gasteiger partial charge in [0.2, 0.25) is 12.5 Å². The maximum Gasteiger partial charge on any atom is 0.338 e. The monoisotopic (exact) mass is 653 g/mol. The Morgan fingerprint density at radius 2 is 1.44 bits per heavy atom. The summed E-state index contributed by atoms with van der Waals surface area (Å²) in [7, 11) is 4.69. The van der Waals surface area contributed by atoms with E-state index in [1.54, 1.807) is 52.5 Å². The summed E-state index contributed by atoms with van der Waals surface area (Å²) in [5, 5.41) is 3.67. The molecule has 11 nitrogen and oxygen atoms in total. The van der Waals surface area contributed by atoms with Crippen LogP contribution in [0.25, 0.3) is 0 Å². The molecule has 2 heterocycles. The van der Waals surface area contributed by atoms with Gasteiger partial charge >= 0.3 is 11.9 Å². The standard InChI is InChI=1S/C37H35NO10/c1-5-44-36(39)20-6-10-23(11-7-20)48-24-12-8-22(9-13-24)38-34-26-17-29-28(46-19-47-29)16-25(26)32(33-27(34)18-45-37(33)40)21-14-30(41-2)35(43-4)31(15-21)42-3/h6-17,27,32-34,38H,5,18-19H2,1-4H3/t27-,32+,33-,34+/m0/s1. The molecular weight excluding hydrogens is 618 g/mol. The van der Waals surface area contributed by atoms with Crippen LogP contribution in [-0.4, -0.2) is 53.3 Å². The number of esters is 2. The zero-order valence-electron chi connectivity index (χ0n) is 26.9. The Morgan fingerprint density at radius 1 is 0.812 bits per heavy atom. The van der Waals surface area contributed by atoms with Crippen molar-refractivity contribution in [2.45, 2.75) is 18.9 Å². The van der Waals surface area contributed by atoms with Crippen molar-refractivity contribution >= 4 is 17.6 Å². The molecule has 1 fully saturated rings. The summed E-state index contributed by atoms with van der Waals surface area (Å²) in [6.45, 7) is 2.45. The minimum Gasteiger partial charge on any atom is -0.493 e. The molecule has 2 aliphatic heterocycles. The number of methoxy groups -OCH3 is 3. The first-order chi connectivity index (χ1) is 23.4.